The summed E-state index contributed by atoms with van der Waals surface area (Å²) >= 11 is 0. The van der Waals surface area contributed by atoms with Gasteiger partial charge in [-0.3, -0.25) is 9.59 Å². The van der Waals surface area contributed by atoms with E-state index in [0.29, 0.717) is 17.9 Å². The standard InChI is InChI=1S/C21H25NO4/c1-13-9-14(2)11-16(10-13)12-19(15(3)21(24)25)20(23)22-17-5-7-18(26-4)8-6-17/h5-11,15,19H,12H2,1-4H3,(H,22,23)(H,24,25)/t15-,19-/m1/s1. The van der Waals surface area contributed by atoms with E-state index in [1.165, 1.54) is 0 Å². The van der Waals surface area contributed by atoms with Crippen LogP contribution in [0.15, 0.2) is 42.5 Å². The quantitative estimate of drug-likeness (QED) is 0.791. The molecule has 0 saturated heterocycles. The Labute approximate surface area is 154 Å². The average molecular weight is 355 g/mol. The minimum atomic E-state index is -0.982. The first-order valence-electron chi connectivity index (χ1n) is 8.55. The number of carboxylic acids is 1. The van der Waals surface area contributed by atoms with Crippen molar-refractivity contribution in [2.75, 3.05) is 12.4 Å². The molecule has 0 saturated carbocycles. The molecule has 138 valence electrons. The number of methoxy groups -OCH3 is 1. The van der Waals surface area contributed by atoms with Crippen LogP contribution in [0.25, 0.3) is 0 Å². The smallest absolute Gasteiger partial charge is 0.307 e. The fourth-order valence-corrected chi connectivity index (χ4v) is 3.02. The number of benzene rings is 2. The van der Waals surface area contributed by atoms with Gasteiger partial charge in [0.05, 0.1) is 18.9 Å². The molecule has 0 aliphatic rings. The second-order valence-corrected chi connectivity index (χ2v) is 6.65. The molecule has 0 heterocycles. The highest BCUT2D eigenvalue weighted by molar-refractivity contribution is 5.95. The van der Waals surface area contributed by atoms with Crippen LogP contribution in [-0.4, -0.2) is 24.1 Å². The highest BCUT2D eigenvalue weighted by atomic mass is 16.5. The molecule has 26 heavy (non-hydrogen) atoms. The van der Waals surface area contributed by atoms with Crippen LogP contribution < -0.4 is 10.1 Å². The van der Waals surface area contributed by atoms with E-state index in [2.05, 4.69) is 11.4 Å². The Balaban J connectivity index is 2.22. The van der Waals surface area contributed by atoms with Crippen molar-refractivity contribution >= 4 is 17.6 Å². The van der Waals surface area contributed by atoms with Gasteiger partial charge in [0.2, 0.25) is 5.91 Å². The van der Waals surface area contributed by atoms with Crippen molar-refractivity contribution in [3.63, 3.8) is 0 Å². The van der Waals surface area contributed by atoms with Crippen LogP contribution in [0.3, 0.4) is 0 Å². The van der Waals surface area contributed by atoms with Gasteiger partial charge in [-0.15, -0.1) is 0 Å². The minimum absolute atomic E-state index is 0.302. The zero-order valence-electron chi connectivity index (χ0n) is 15.6. The molecule has 1 amide bonds. The minimum Gasteiger partial charge on any atom is -0.497 e. The molecular formula is C21H25NO4. The topological polar surface area (TPSA) is 75.6 Å². The van der Waals surface area contributed by atoms with Gasteiger partial charge in [-0.25, -0.2) is 0 Å². The predicted molar refractivity (Wildman–Crippen MR) is 102 cm³/mol. The lowest BCUT2D eigenvalue weighted by Gasteiger charge is -2.21. The van der Waals surface area contributed by atoms with Gasteiger partial charge in [0, 0.05) is 5.69 Å². The van der Waals surface area contributed by atoms with Crippen molar-refractivity contribution in [3.8, 4) is 5.75 Å². The summed E-state index contributed by atoms with van der Waals surface area (Å²) in [5.41, 5.74) is 3.76. The number of hydrogen-bond donors (Lipinski definition) is 2. The van der Waals surface area contributed by atoms with Gasteiger partial charge >= 0.3 is 5.97 Å². The summed E-state index contributed by atoms with van der Waals surface area (Å²) in [5.74, 6) is -2.06. The highest BCUT2D eigenvalue weighted by Gasteiger charge is 2.30. The normalized spacial score (nSPS) is 12.9. The molecule has 0 bridgehead atoms. The number of carbonyl (C=O) groups excluding carboxylic acids is 1. The monoisotopic (exact) mass is 355 g/mol. The van der Waals surface area contributed by atoms with E-state index in [1.54, 1.807) is 38.3 Å². The van der Waals surface area contributed by atoms with Crippen LogP contribution in [0.1, 0.15) is 23.6 Å². The zero-order valence-corrected chi connectivity index (χ0v) is 15.6. The summed E-state index contributed by atoms with van der Waals surface area (Å²) in [6.07, 6.45) is 0.373. The summed E-state index contributed by atoms with van der Waals surface area (Å²) in [6.45, 7) is 5.55. The molecule has 0 spiro atoms. The average Bonchev–Trinajstić information content (AvgIpc) is 2.58. The van der Waals surface area contributed by atoms with Crippen molar-refractivity contribution in [3.05, 3.63) is 59.2 Å². The maximum absolute atomic E-state index is 12.8. The summed E-state index contributed by atoms with van der Waals surface area (Å²) in [7, 11) is 1.57. The van der Waals surface area contributed by atoms with Crippen LogP contribution in [0.2, 0.25) is 0 Å². The molecule has 0 unspecified atom stereocenters. The van der Waals surface area contributed by atoms with Gasteiger partial charge in [0.1, 0.15) is 5.75 Å². The molecule has 0 aliphatic heterocycles. The molecule has 5 heteroatoms. The van der Waals surface area contributed by atoms with E-state index < -0.39 is 17.8 Å². The Hall–Kier alpha value is -2.82. The van der Waals surface area contributed by atoms with Crippen LogP contribution in [0.5, 0.6) is 5.75 Å². The Bertz CT molecular complexity index is 763. The molecule has 2 aromatic carbocycles. The van der Waals surface area contributed by atoms with Gasteiger partial charge < -0.3 is 15.2 Å². The second kappa shape index (κ2) is 8.52. The first-order valence-corrected chi connectivity index (χ1v) is 8.55. The van der Waals surface area contributed by atoms with Gasteiger partial charge in [-0.05, 0) is 50.1 Å². The van der Waals surface area contributed by atoms with Gasteiger partial charge in [0.15, 0.2) is 0 Å². The van der Waals surface area contributed by atoms with Crippen molar-refractivity contribution < 1.29 is 19.4 Å². The number of carbonyl (C=O) groups is 2. The third kappa shape index (κ3) is 5.09. The number of carboxylic acid groups (broad SMARTS) is 1. The first-order chi connectivity index (χ1) is 12.3. The van der Waals surface area contributed by atoms with E-state index >= 15 is 0 Å². The summed E-state index contributed by atoms with van der Waals surface area (Å²) in [5, 5.41) is 12.2. The van der Waals surface area contributed by atoms with E-state index in [0.717, 1.165) is 16.7 Å². The Morgan fingerprint density at radius 1 is 1.08 bits per heavy atom. The Morgan fingerprint density at radius 3 is 2.15 bits per heavy atom. The van der Waals surface area contributed by atoms with E-state index in [-0.39, 0.29) is 5.91 Å². The lowest BCUT2D eigenvalue weighted by atomic mass is 9.86. The largest absolute Gasteiger partial charge is 0.497 e. The van der Waals surface area contributed by atoms with Crippen molar-refractivity contribution in [2.45, 2.75) is 27.2 Å². The fraction of sp³-hybridized carbons (Fsp3) is 0.333. The number of aliphatic carboxylic acids is 1. The van der Waals surface area contributed by atoms with E-state index in [1.807, 2.05) is 26.0 Å². The second-order valence-electron chi connectivity index (χ2n) is 6.65. The van der Waals surface area contributed by atoms with Crippen LogP contribution >= 0.6 is 0 Å². The summed E-state index contributed by atoms with van der Waals surface area (Å²) in [6, 6.07) is 13.0. The maximum atomic E-state index is 12.8. The number of aryl methyl sites for hydroxylation is 2. The number of anilines is 1. The van der Waals surface area contributed by atoms with E-state index in [4.69, 9.17) is 4.74 Å². The van der Waals surface area contributed by atoms with Gasteiger partial charge in [-0.2, -0.15) is 0 Å². The van der Waals surface area contributed by atoms with Crippen molar-refractivity contribution in [2.24, 2.45) is 11.8 Å². The zero-order chi connectivity index (χ0) is 19.3. The molecule has 2 atom stereocenters. The third-order valence-corrected chi connectivity index (χ3v) is 4.42. The number of nitrogens with one attached hydrogen (secondary N) is 1. The van der Waals surface area contributed by atoms with Crippen LogP contribution in [0, 0.1) is 25.7 Å². The predicted octanol–water partition coefficient (Wildman–Crippen LogP) is 3.83. The molecule has 0 aliphatic carbocycles. The molecule has 0 aromatic heterocycles. The molecule has 0 radical (unpaired) electrons. The van der Waals surface area contributed by atoms with Crippen LogP contribution in [0.4, 0.5) is 5.69 Å². The maximum Gasteiger partial charge on any atom is 0.307 e. The Kier molecular flexibility index (Phi) is 6.39. The molecular weight excluding hydrogens is 330 g/mol. The van der Waals surface area contributed by atoms with Crippen molar-refractivity contribution in [1.82, 2.24) is 0 Å². The SMILES string of the molecule is COc1ccc(NC(=O)[C@H](Cc2cc(C)cc(C)c2)[C@@H](C)C(=O)O)cc1. The summed E-state index contributed by atoms with van der Waals surface area (Å²) < 4.78 is 5.10. The molecule has 2 aromatic rings. The van der Waals surface area contributed by atoms with Gasteiger partial charge in [0.25, 0.3) is 0 Å². The van der Waals surface area contributed by atoms with Gasteiger partial charge in [-0.1, -0.05) is 36.2 Å². The summed E-state index contributed by atoms with van der Waals surface area (Å²) in [4.78, 5) is 24.3. The number of hydrogen-bond acceptors (Lipinski definition) is 3. The lowest BCUT2D eigenvalue weighted by molar-refractivity contribution is -0.145. The van der Waals surface area contributed by atoms with Crippen LogP contribution in [-0.2, 0) is 16.0 Å². The van der Waals surface area contributed by atoms with Crippen molar-refractivity contribution in [1.29, 1.82) is 0 Å². The van der Waals surface area contributed by atoms with E-state index in [9.17, 15) is 14.7 Å². The molecule has 2 N–H and O–H groups in total. The molecule has 5 nitrogen and oxygen atoms in total. The molecule has 2 rings (SSSR count). The lowest BCUT2D eigenvalue weighted by Crippen LogP contribution is -2.33. The molecule has 0 fully saturated rings. The Morgan fingerprint density at radius 2 is 1.65 bits per heavy atom. The fourth-order valence-electron chi connectivity index (χ4n) is 3.02. The number of ether oxygens (including phenoxy) is 1. The number of amides is 1. The first kappa shape index (κ1) is 19.5. The highest BCUT2D eigenvalue weighted by Crippen LogP contribution is 2.23. The number of rotatable bonds is 7. The third-order valence-electron chi connectivity index (χ3n) is 4.42.